The molecular weight excluding hydrogens is 258 g/mol. The molecule has 1 amide bonds. The Hall–Kier alpha value is -2.01. The number of hydrogen-bond donors (Lipinski definition) is 1. The number of hydrogen-bond acceptors (Lipinski definition) is 4. The maximum Gasteiger partial charge on any atom is 0.253 e. The minimum atomic E-state index is -0.0367. The first-order valence-electron chi connectivity index (χ1n) is 6.11. The molecule has 0 bridgehead atoms. The summed E-state index contributed by atoms with van der Waals surface area (Å²) in [6.45, 7) is 1.99. The van der Waals surface area contributed by atoms with Crippen molar-refractivity contribution in [2.45, 2.75) is 19.4 Å². The molecule has 0 radical (unpaired) electrons. The van der Waals surface area contributed by atoms with Crippen LogP contribution in [-0.2, 0) is 4.79 Å². The Balaban J connectivity index is 1.92. The summed E-state index contributed by atoms with van der Waals surface area (Å²) in [5.74, 6) is -0.0367. The van der Waals surface area contributed by atoms with E-state index in [2.05, 4.69) is 15.3 Å². The van der Waals surface area contributed by atoms with Gasteiger partial charge in [-0.15, -0.1) is 11.3 Å². The second kappa shape index (κ2) is 4.93. The van der Waals surface area contributed by atoms with E-state index >= 15 is 0 Å². The zero-order valence-electron chi connectivity index (χ0n) is 10.5. The van der Waals surface area contributed by atoms with Crippen LogP contribution in [-0.4, -0.2) is 21.9 Å². The summed E-state index contributed by atoms with van der Waals surface area (Å²) in [6.07, 6.45) is 6.30. The van der Waals surface area contributed by atoms with Crippen LogP contribution in [0.2, 0.25) is 0 Å². The molecule has 1 unspecified atom stereocenters. The van der Waals surface area contributed by atoms with E-state index in [1.807, 2.05) is 30.5 Å². The average molecular weight is 271 g/mol. The fourth-order valence-corrected chi connectivity index (χ4v) is 2.82. The van der Waals surface area contributed by atoms with Gasteiger partial charge in [-0.05, 0) is 25.5 Å². The van der Waals surface area contributed by atoms with E-state index in [0.29, 0.717) is 5.57 Å². The van der Waals surface area contributed by atoms with E-state index in [-0.39, 0.29) is 11.9 Å². The van der Waals surface area contributed by atoms with Gasteiger partial charge in [-0.25, -0.2) is 4.98 Å². The summed E-state index contributed by atoms with van der Waals surface area (Å²) < 4.78 is 0. The molecule has 3 rings (SSSR count). The Morgan fingerprint density at radius 3 is 2.89 bits per heavy atom. The monoisotopic (exact) mass is 271 g/mol. The van der Waals surface area contributed by atoms with E-state index in [9.17, 15) is 4.79 Å². The molecule has 1 N–H and O–H groups in total. The lowest BCUT2D eigenvalue weighted by Crippen LogP contribution is -2.36. The molecule has 1 aliphatic heterocycles. The smallest absolute Gasteiger partial charge is 0.253 e. The zero-order chi connectivity index (χ0) is 13.2. The Morgan fingerprint density at radius 2 is 2.16 bits per heavy atom. The van der Waals surface area contributed by atoms with Gasteiger partial charge in [0.05, 0.1) is 11.3 Å². The van der Waals surface area contributed by atoms with E-state index in [1.165, 1.54) is 11.3 Å². The Kier molecular flexibility index (Phi) is 3.13. The highest BCUT2D eigenvalue weighted by Gasteiger charge is 2.21. The largest absolute Gasteiger partial charge is 0.349 e. The van der Waals surface area contributed by atoms with Gasteiger partial charge in [0, 0.05) is 29.4 Å². The third-order valence-corrected chi connectivity index (χ3v) is 3.90. The highest BCUT2D eigenvalue weighted by molar-refractivity contribution is 7.13. The molecule has 96 valence electrons. The van der Waals surface area contributed by atoms with Gasteiger partial charge in [0.15, 0.2) is 0 Å². The first-order valence-corrected chi connectivity index (χ1v) is 6.99. The molecule has 3 heterocycles. The minimum absolute atomic E-state index is 0.0367. The van der Waals surface area contributed by atoms with Gasteiger partial charge in [0.25, 0.3) is 5.91 Å². The molecule has 1 atom stereocenters. The number of pyridine rings is 1. The van der Waals surface area contributed by atoms with Crippen molar-refractivity contribution < 1.29 is 4.79 Å². The summed E-state index contributed by atoms with van der Waals surface area (Å²) in [6, 6.07) is 4.04. The number of carbonyl (C=O) groups is 1. The van der Waals surface area contributed by atoms with Crippen molar-refractivity contribution in [3.05, 3.63) is 41.7 Å². The number of rotatable bonds is 2. The van der Waals surface area contributed by atoms with Crippen LogP contribution in [0.15, 0.2) is 36.0 Å². The standard InChI is InChI=1S/C14H13N3OS/c1-9-2-3-11(13(18)16-9)12-8-19-14(17-12)10-4-6-15-7-5-10/h3-9H,2H2,1H3,(H,16,18). The average Bonchev–Trinajstić information content (AvgIpc) is 2.89. The molecule has 0 aromatic carbocycles. The molecule has 5 heteroatoms. The van der Waals surface area contributed by atoms with Gasteiger partial charge < -0.3 is 5.32 Å². The van der Waals surface area contributed by atoms with E-state index in [0.717, 1.165) is 22.7 Å². The number of amides is 1. The molecule has 1 aliphatic rings. The van der Waals surface area contributed by atoms with Crippen molar-refractivity contribution >= 4 is 22.8 Å². The molecular formula is C14H13N3OS. The summed E-state index contributed by atoms with van der Waals surface area (Å²) in [7, 11) is 0. The van der Waals surface area contributed by atoms with Gasteiger partial charge in [-0.3, -0.25) is 9.78 Å². The lowest BCUT2D eigenvalue weighted by molar-refractivity contribution is -0.116. The van der Waals surface area contributed by atoms with Crippen molar-refractivity contribution in [3.63, 3.8) is 0 Å². The van der Waals surface area contributed by atoms with E-state index < -0.39 is 0 Å². The molecule has 4 nitrogen and oxygen atoms in total. The Labute approximate surface area is 115 Å². The summed E-state index contributed by atoms with van der Waals surface area (Å²) in [5, 5.41) is 5.76. The summed E-state index contributed by atoms with van der Waals surface area (Å²) >= 11 is 1.54. The number of thiazole rings is 1. The van der Waals surface area contributed by atoms with Crippen LogP contribution in [0.5, 0.6) is 0 Å². The zero-order valence-corrected chi connectivity index (χ0v) is 11.3. The normalized spacial score (nSPS) is 18.9. The first-order chi connectivity index (χ1) is 9.24. The highest BCUT2D eigenvalue weighted by Crippen LogP contribution is 2.27. The minimum Gasteiger partial charge on any atom is -0.349 e. The molecule has 0 aliphatic carbocycles. The maximum absolute atomic E-state index is 11.9. The van der Waals surface area contributed by atoms with Crippen molar-refractivity contribution in [2.75, 3.05) is 0 Å². The van der Waals surface area contributed by atoms with Crippen LogP contribution in [0, 0.1) is 0 Å². The predicted octanol–water partition coefficient (Wildman–Crippen LogP) is 2.50. The Bertz CT molecular complexity index is 633. The predicted molar refractivity (Wildman–Crippen MR) is 75.5 cm³/mol. The van der Waals surface area contributed by atoms with Crippen molar-refractivity contribution in [2.24, 2.45) is 0 Å². The van der Waals surface area contributed by atoms with Crippen LogP contribution in [0.1, 0.15) is 19.0 Å². The van der Waals surface area contributed by atoms with E-state index in [4.69, 9.17) is 0 Å². The molecule has 0 spiro atoms. The number of aromatic nitrogens is 2. The molecule has 0 fully saturated rings. The number of carbonyl (C=O) groups excluding carboxylic acids is 1. The van der Waals surface area contributed by atoms with E-state index in [1.54, 1.807) is 12.4 Å². The maximum atomic E-state index is 11.9. The first kappa shape index (κ1) is 12.0. The SMILES string of the molecule is CC1CC=C(c2csc(-c3ccncc3)n2)C(=O)N1. The van der Waals surface area contributed by atoms with Crippen LogP contribution in [0.25, 0.3) is 16.1 Å². The molecule has 2 aromatic rings. The van der Waals surface area contributed by atoms with Crippen LogP contribution in [0.3, 0.4) is 0 Å². The lowest BCUT2D eigenvalue weighted by atomic mass is 10.0. The fourth-order valence-electron chi connectivity index (χ4n) is 1.99. The fraction of sp³-hybridized carbons (Fsp3) is 0.214. The molecule has 0 saturated carbocycles. The summed E-state index contributed by atoms with van der Waals surface area (Å²) in [5.41, 5.74) is 2.45. The number of nitrogens with one attached hydrogen (secondary N) is 1. The molecule has 19 heavy (non-hydrogen) atoms. The van der Waals surface area contributed by atoms with Gasteiger partial charge in [0.1, 0.15) is 5.01 Å². The van der Waals surface area contributed by atoms with Crippen molar-refractivity contribution in [1.82, 2.24) is 15.3 Å². The topological polar surface area (TPSA) is 54.9 Å². The quantitative estimate of drug-likeness (QED) is 0.913. The van der Waals surface area contributed by atoms with Gasteiger partial charge in [-0.2, -0.15) is 0 Å². The summed E-state index contributed by atoms with van der Waals surface area (Å²) in [4.78, 5) is 20.5. The van der Waals surface area contributed by atoms with Crippen LogP contribution >= 0.6 is 11.3 Å². The second-order valence-corrected chi connectivity index (χ2v) is 5.36. The number of nitrogens with zero attached hydrogens (tertiary/aromatic N) is 2. The lowest BCUT2D eigenvalue weighted by Gasteiger charge is -2.18. The van der Waals surface area contributed by atoms with Gasteiger partial charge in [0.2, 0.25) is 0 Å². The van der Waals surface area contributed by atoms with Gasteiger partial charge in [-0.1, -0.05) is 6.08 Å². The van der Waals surface area contributed by atoms with Crippen molar-refractivity contribution in [3.8, 4) is 10.6 Å². The van der Waals surface area contributed by atoms with Crippen LogP contribution < -0.4 is 5.32 Å². The third-order valence-electron chi connectivity index (χ3n) is 3.01. The second-order valence-electron chi connectivity index (χ2n) is 4.50. The highest BCUT2D eigenvalue weighted by atomic mass is 32.1. The van der Waals surface area contributed by atoms with Crippen LogP contribution in [0.4, 0.5) is 0 Å². The van der Waals surface area contributed by atoms with Crippen molar-refractivity contribution in [1.29, 1.82) is 0 Å². The molecule has 0 saturated heterocycles. The molecule has 2 aromatic heterocycles. The Morgan fingerprint density at radius 1 is 1.37 bits per heavy atom. The third kappa shape index (κ3) is 2.42. The van der Waals surface area contributed by atoms with Gasteiger partial charge >= 0.3 is 0 Å².